The van der Waals surface area contributed by atoms with Crippen molar-refractivity contribution in [3.8, 4) is 0 Å². The molecule has 2 N–H and O–H groups in total. The molecule has 2 rings (SSSR count). The number of carboxylic acids is 1. The number of carboxylic acid groups (broad SMARTS) is 1. The van der Waals surface area contributed by atoms with Crippen LogP contribution in [0.1, 0.15) is 38.3 Å². The van der Waals surface area contributed by atoms with Gasteiger partial charge in [-0.05, 0) is 47.5 Å². The Morgan fingerprint density at radius 1 is 1.39 bits per heavy atom. The van der Waals surface area contributed by atoms with Gasteiger partial charge >= 0.3 is 11.9 Å². The van der Waals surface area contributed by atoms with Crippen molar-refractivity contribution in [2.24, 2.45) is 5.92 Å². The van der Waals surface area contributed by atoms with Crippen LogP contribution in [0.2, 0.25) is 10.0 Å². The second-order valence-corrected chi connectivity index (χ2v) is 9.17. The van der Waals surface area contributed by atoms with Crippen LogP contribution in [-0.4, -0.2) is 28.6 Å². The Morgan fingerprint density at radius 3 is 2.71 bits per heavy atom. The average molecular weight is 510 g/mol. The predicted octanol–water partition coefficient (Wildman–Crippen LogP) is 6.10. The van der Waals surface area contributed by atoms with Crippen molar-refractivity contribution in [2.75, 3.05) is 11.9 Å². The zero-order valence-electron chi connectivity index (χ0n) is 15.2. The third-order valence-corrected chi connectivity index (χ3v) is 6.29. The number of hydrogen-bond acceptors (Lipinski definition) is 6. The van der Waals surface area contributed by atoms with E-state index in [4.69, 9.17) is 33.0 Å². The largest absolute Gasteiger partial charge is 0.481 e. The number of ether oxygens (including phenoxy) is 1. The highest BCUT2D eigenvalue weighted by atomic mass is 79.9. The van der Waals surface area contributed by atoms with Gasteiger partial charge < -0.3 is 15.2 Å². The Kier molecular flexibility index (Phi) is 8.55. The summed E-state index contributed by atoms with van der Waals surface area (Å²) < 4.78 is 5.88. The van der Waals surface area contributed by atoms with Crippen molar-refractivity contribution in [2.45, 2.75) is 32.6 Å². The van der Waals surface area contributed by atoms with E-state index in [1.54, 1.807) is 25.1 Å². The molecular formula is C18H19BrCl2N2O4S. The van der Waals surface area contributed by atoms with Crippen molar-refractivity contribution < 1.29 is 19.4 Å². The Balaban J connectivity index is 2.24. The molecule has 2 aromatic rings. The number of carbonyl (C=O) groups is 2. The number of anilines is 2. The highest BCUT2D eigenvalue weighted by Crippen LogP contribution is 2.39. The van der Waals surface area contributed by atoms with E-state index in [2.05, 4.69) is 26.2 Å². The lowest BCUT2D eigenvalue weighted by Crippen LogP contribution is -2.24. The maximum absolute atomic E-state index is 12.4. The molecule has 1 aromatic carbocycles. The van der Waals surface area contributed by atoms with Gasteiger partial charge in [0.05, 0.1) is 32.7 Å². The molecule has 0 aliphatic heterocycles. The van der Waals surface area contributed by atoms with Crippen LogP contribution in [0.3, 0.4) is 0 Å². The molecule has 0 saturated heterocycles. The first kappa shape index (κ1) is 22.9. The van der Waals surface area contributed by atoms with Crippen LogP contribution < -0.4 is 5.32 Å². The summed E-state index contributed by atoms with van der Waals surface area (Å²) in [6.07, 6.45) is 0.0478. The number of halogens is 3. The molecule has 0 radical (unpaired) electrons. The quantitative estimate of drug-likeness (QED) is 0.397. The van der Waals surface area contributed by atoms with Gasteiger partial charge in [-0.25, -0.2) is 4.98 Å². The molecule has 2 unspecified atom stereocenters. The van der Waals surface area contributed by atoms with Gasteiger partial charge in [-0.1, -0.05) is 41.5 Å². The van der Waals surface area contributed by atoms with Gasteiger partial charge in [-0.3, -0.25) is 9.59 Å². The van der Waals surface area contributed by atoms with E-state index in [1.807, 2.05) is 6.92 Å². The van der Waals surface area contributed by atoms with Gasteiger partial charge in [0.1, 0.15) is 0 Å². The summed E-state index contributed by atoms with van der Waals surface area (Å²) in [5.74, 6) is -2.33. The molecule has 1 heterocycles. The smallest absolute Gasteiger partial charge is 0.309 e. The van der Waals surface area contributed by atoms with Crippen LogP contribution in [-0.2, 0) is 14.3 Å². The van der Waals surface area contributed by atoms with Crippen molar-refractivity contribution in [1.29, 1.82) is 0 Å². The zero-order chi connectivity index (χ0) is 20.8. The van der Waals surface area contributed by atoms with Crippen LogP contribution in [0.5, 0.6) is 0 Å². The topological polar surface area (TPSA) is 88.5 Å². The molecule has 2 atom stereocenters. The molecule has 6 nitrogen and oxygen atoms in total. The summed E-state index contributed by atoms with van der Waals surface area (Å²) in [5, 5.41) is 13.7. The van der Waals surface area contributed by atoms with E-state index in [9.17, 15) is 9.59 Å². The predicted molar refractivity (Wildman–Crippen MR) is 115 cm³/mol. The van der Waals surface area contributed by atoms with Gasteiger partial charge in [0, 0.05) is 17.4 Å². The highest BCUT2D eigenvalue weighted by Gasteiger charge is 2.31. The second-order valence-electron chi connectivity index (χ2n) is 6.01. The molecule has 0 fully saturated rings. The van der Waals surface area contributed by atoms with Crippen LogP contribution in [0.15, 0.2) is 22.0 Å². The Labute approximate surface area is 185 Å². The van der Waals surface area contributed by atoms with Gasteiger partial charge in [-0.15, -0.1) is 0 Å². The summed E-state index contributed by atoms with van der Waals surface area (Å²) in [7, 11) is 0. The minimum Gasteiger partial charge on any atom is -0.481 e. The van der Waals surface area contributed by atoms with Crippen molar-refractivity contribution in [1.82, 2.24) is 4.98 Å². The molecule has 0 spiro atoms. The summed E-state index contributed by atoms with van der Waals surface area (Å²) in [6.45, 7) is 3.78. The first-order valence-electron chi connectivity index (χ1n) is 8.49. The van der Waals surface area contributed by atoms with Gasteiger partial charge in [0.2, 0.25) is 0 Å². The normalized spacial score (nSPS) is 13.0. The van der Waals surface area contributed by atoms with Gasteiger partial charge in [-0.2, -0.15) is 0 Å². The van der Waals surface area contributed by atoms with Crippen LogP contribution in [0, 0.1) is 5.92 Å². The summed E-state index contributed by atoms with van der Waals surface area (Å²) in [5.41, 5.74) is 1.31. The Morgan fingerprint density at radius 2 is 2.11 bits per heavy atom. The monoisotopic (exact) mass is 508 g/mol. The maximum Gasteiger partial charge on any atom is 0.309 e. The number of esters is 1. The van der Waals surface area contributed by atoms with Crippen molar-refractivity contribution >= 4 is 73.2 Å². The van der Waals surface area contributed by atoms with Crippen molar-refractivity contribution in [3.05, 3.63) is 37.7 Å². The van der Waals surface area contributed by atoms with Crippen LogP contribution in [0.4, 0.5) is 10.8 Å². The van der Waals surface area contributed by atoms with Crippen LogP contribution >= 0.6 is 50.5 Å². The molecule has 0 aliphatic carbocycles. The number of hydrogen-bond donors (Lipinski definition) is 2. The lowest BCUT2D eigenvalue weighted by atomic mass is 9.88. The molecule has 0 saturated carbocycles. The molecule has 0 amide bonds. The molecule has 1 aromatic heterocycles. The van der Waals surface area contributed by atoms with Crippen molar-refractivity contribution in [3.63, 3.8) is 0 Å². The summed E-state index contributed by atoms with van der Waals surface area (Å²) in [4.78, 5) is 27.9. The Bertz CT molecular complexity index is 862. The minimum atomic E-state index is -0.960. The first-order chi connectivity index (χ1) is 13.2. The third kappa shape index (κ3) is 6.07. The number of carbonyl (C=O) groups excluding carboxylic acids is 1. The lowest BCUT2D eigenvalue weighted by Gasteiger charge is -2.20. The molecule has 0 aliphatic rings. The van der Waals surface area contributed by atoms with E-state index in [0.717, 1.165) is 3.79 Å². The number of nitrogens with zero attached hydrogens (tertiary/aromatic N) is 1. The van der Waals surface area contributed by atoms with E-state index in [1.165, 1.54) is 11.3 Å². The van der Waals surface area contributed by atoms with Gasteiger partial charge in [0.25, 0.3) is 0 Å². The summed E-state index contributed by atoms with van der Waals surface area (Å²) in [6, 6.07) is 5.09. The Hall–Kier alpha value is -1.35. The first-order valence-corrected chi connectivity index (χ1v) is 10.9. The minimum absolute atomic E-state index is 0.124. The lowest BCUT2D eigenvalue weighted by molar-refractivity contribution is -0.149. The fraction of sp³-hybridized carbons (Fsp3) is 0.389. The number of rotatable bonds is 9. The van der Waals surface area contributed by atoms with Crippen LogP contribution in [0.25, 0.3) is 0 Å². The number of aliphatic carboxylic acids is 1. The van der Waals surface area contributed by atoms with E-state index in [-0.39, 0.29) is 25.4 Å². The number of thiazole rings is 1. The highest BCUT2D eigenvalue weighted by molar-refractivity contribution is 9.11. The maximum atomic E-state index is 12.4. The van der Waals surface area contributed by atoms with E-state index >= 15 is 0 Å². The second kappa shape index (κ2) is 10.4. The molecule has 28 heavy (non-hydrogen) atoms. The molecule has 152 valence electrons. The molecular weight excluding hydrogens is 491 g/mol. The standard InChI is InChI=1S/C18H19BrCl2N2O4S/c1-3-27-17(26)11(5-7-14(24)25)9(2)15-16(19)28-18(23-15)22-13-6-4-10(20)8-12(13)21/h4,6,8-9,11H,3,5,7H2,1-2H3,(H,22,23)(H,24,25). The van der Waals surface area contributed by atoms with Gasteiger partial charge in [0.15, 0.2) is 5.13 Å². The number of benzene rings is 1. The number of nitrogens with one attached hydrogen (secondary N) is 1. The third-order valence-electron chi connectivity index (χ3n) is 4.08. The van der Waals surface area contributed by atoms with E-state index < -0.39 is 17.9 Å². The average Bonchev–Trinajstić information content (AvgIpc) is 2.98. The SMILES string of the molecule is CCOC(=O)C(CCC(=O)O)C(C)c1nc(Nc2ccc(Cl)cc2Cl)sc1Br. The molecule has 10 heteroatoms. The fourth-order valence-electron chi connectivity index (χ4n) is 2.64. The van der Waals surface area contributed by atoms with E-state index in [0.29, 0.717) is 26.6 Å². The summed E-state index contributed by atoms with van der Waals surface area (Å²) >= 11 is 16.9. The zero-order valence-corrected chi connectivity index (χ0v) is 19.1. The molecule has 0 bridgehead atoms. The number of aromatic nitrogens is 1. The fourth-order valence-corrected chi connectivity index (χ4v) is 4.82.